The maximum Gasteiger partial charge on any atom is 0.269 e. The lowest BCUT2D eigenvalue weighted by Crippen LogP contribution is -2.18. The lowest BCUT2D eigenvalue weighted by Gasteiger charge is -2.27. The van der Waals surface area contributed by atoms with Gasteiger partial charge in [0.15, 0.2) is 9.74 Å². The molecule has 31 heavy (non-hydrogen) atoms. The largest absolute Gasteiger partial charge is 0.321 e. The Labute approximate surface area is 197 Å². The molecule has 2 heterocycles. The first-order valence-electron chi connectivity index (χ1n) is 9.33. The van der Waals surface area contributed by atoms with Crippen LogP contribution >= 0.6 is 47.1 Å². The number of thiazole rings is 1. The number of benzene rings is 2. The van der Waals surface area contributed by atoms with Crippen LogP contribution in [0.1, 0.15) is 32.3 Å². The van der Waals surface area contributed by atoms with Crippen molar-refractivity contribution in [1.82, 2.24) is 4.57 Å². The Hall–Kier alpha value is -2.20. The highest BCUT2D eigenvalue weighted by Crippen LogP contribution is 2.53. The van der Waals surface area contributed by atoms with Gasteiger partial charge < -0.3 is 4.57 Å². The zero-order valence-corrected chi connectivity index (χ0v) is 20.2. The summed E-state index contributed by atoms with van der Waals surface area (Å²) in [5, 5.41) is 12.2. The number of aryl methyl sites for hydroxylation is 1. The molecule has 0 saturated heterocycles. The van der Waals surface area contributed by atoms with E-state index < -0.39 is 4.92 Å². The number of hydrogen-bond acceptors (Lipinski definition) is 7. The Balaban J connectivity index is 1.93. The molecule has 5 nitrogen and oxygen atoms in total. The van der Waals surface area contributed by atoms with Crippen LogP contribution in [-0.2, 0) is 7.05 Å². The summed E-state index contributed by atoms with van der Waals surface area (Å²) >= 11 is 10.1. The van der Waals surface area contributed by atoms with Gasteiger partial charge in [-0.05, 0) is 31.0 Å². The fourth-order valence-corrected chi connectivity index (χ4v) is 7.17. The van der Waals surface area contributed by atoms with Crippen LogP contribution in [0, 0.1) is 21.0 Å². The summed E-state index contributed by atoms with van der Waals surface area (Å²) < 4.78 is 3.63. The van der Waals surface area contributed by atoms with Crippen molar-refractivity contribution in [2.75, 3.05) is 6.26 Å². The molecule has 2 aromatic carbocycles. The van der Waals surface area contributed by atoms with E-state index in [9.17, 15) is 14.9 Å². The number of nitro benzene ring substituents is 1. The van der Waals surface area contributed by atoms with Crippen molar-refractivity contribution in [2.24, 2.45) is 7.05 Å². The predicted octanol–water partition coefficient (Wildman–Crippen LogP) is 6.73. The van der Waals surface area contributed by atoms with Gasteiger partial charge in [0.05, 0.1) is 25.0 Å². The molecule has 158 valence electrons. The smallest absolute Gasteiger partial charge is 0.269 e. The second-order valence-corrected chi connectivity index (χ2v) is 10.8. The number of rotatable bonds is 5. The number of carbonyl (C=O) groups excluding carboxylic acids is 1. The summed E-state index contributed by atoms with van der Waals surface area (Å²) in [7, 11) is 1.93. The standard InChI is InChI=1S/C22H18N2O3S4/c1-12-4-6-14(7-5-12)18(25)17-16(13-8-10-15(11-9-13)24(26)27)19-20(31-21(17)29-3)23(2)22(28)30-19/h4-11,16H,1-3H3. The molecule has 0 radical (unpaired) electrons. The molecule has 1 unspecified atom stereocenters. The first-order chi connectivity index (χ1) is 14.8. The second kappa shape index (κ2) is 8.74. The Bertz CT molecular complexity index is 1270. The molecule has 4 rings (SSSR count). The van der Waals surface area contributed by atoms with Crippen LogP contribution in [0.15, 0.2) is 63.4 Å². The molecule has 9 heteroatoms. The number of hydrogen-bond donors (Lipinski definition) is 0. The molecule has 1 atom stereocenters. The number of aromatic nitrogens is 1. The highest BCUT2D eigenvalue weighted by molar-refractivity contribution is 8.22. The molecule has 3 aromatic rings. The van der Waals surface area contributed by atoms with Crippen molar-refractivity contribution < 1.29 is 9.72 Å². The minimum Gasteiger partial charge on any atom is -0.321 e. The quantitative estimate of drug-likeness (QED) is 0.172. The lowest BCUT2D eigenvalue weighted by molar-refractivity contribution is -0.384. The van der Waals surface area contributed by atoms with Gasteiger partial charge in [-0.3, -0.25) is 14.9 Å². The van der Waals surface area contributed by atoms with E-state index in [0.29, 0.717) is 11.1 Å². The van der Waals surface area contributed by atoms with Gasteiger partial charge >= 0.3 is 0 Å². The summed E-state index contributed by atoms with van der Waals surface area (Å²) in [6.07, 6.45) is 1.96. The predicted molar refractivity (Wildman–Crippen MR) is 131 cm³/mol. The number of nitrogens with zero attached hydrogens (tertiary/aromatic N) is 2. The highest BCUT2D eigenvalue weighted by atomic mass is 32.2. The summed E-state index contributed by atoms with van der Waals surface area (Å²) in [6.45, 7) is 1.99. The number of nitro groups is 1. The summed E-state index contributed by atoms with van der Waals surface area (Å²) in [5.41, 5.74) is 3.27. The summed E-state index contributed by atoms with van der Waals surface area (Å²) in [6, 6.07) is 14.0. The van der Waals surface area contributed by atoms with Crippen LogP contribution in [0.5, 0.6) is 0 Å². The van der Waals surface area contributed by atoms with E-state index in [1.165, 1.54) is 35.2 Å². The minimum atomic E-state index is -0.417. The van der Waals surface area contributed by atoms with Gasteiger partial charge in [-0.15, -0.1) is 23.1 Å². The third-order valence-corrected chi connectivity index (χ3v) is 9.31. The molecule has 1 aliphatic rings. The molecular weight excluding hydrogens is 469 g/mol. The van der Waals surface area contributed by atoms with E-state index in [1.807, 2.05) is 49.1 Å². The van der Waals surface area contributed by atoms with E-state index in [0.717, 1.165) is 29.2 Å². The van der Waals surface area contributed by atoms with Crippen LogP contribution in [-0.4, -0.2) is 21.5 Å². The molecule has 0 aliphatic carbocycles. The van der Waals surface area contributed by atoms with Crippen molar-refractivity contribution in [3.63, 3.8) is 0 Å². The molecule has 1 aromatic heterocycles. The monoisotopic (exact) mass is 486 g/mol. The van der Waals surface area contributed by atoms with E-state index in [4.69, 9.17) is 12.2 Å². The van der Waals surface area contributed by atoms with Gasteiger partial charge in [0, 0.05) is 30.3 Å². The molecular formula is C22H18N2O3S4. The number of non-ortho nitro benzene ring substituents is 1. The SMILES string of the molecule is CSC1=C(C(=O)c2ccc(C)cc2)C(c2ccc([N+](=O)[O-])cc2)c2sc(=S)n(C)c2S1. The number of ketones is 1. The molecule has 0 amide bonds. The number of allylic oxidation sites excluding steroid dienone is 1. The maximum absolute atomic E-state index is 13.7. The number of Topliss-reactive ketones (excluding diaryl/α,β-unsaturated/α-hetero) is 1. The molecule has 0 bridgehead atoms. The van der Waals surface area contributed by atoms with Crippen LogP contribution in [0.4, 0.5) is 5.69 Å². The average Bonchev–Trinajstić information content (AvgIpc) is 3.06. The van der Waals surface area contributed by atoms with Gasteiger partial charge in [-0.25, -0.2) is 0 Å². The first kappa shape index (κ1) is 22.0. The zero-order chi connectivity index (χ0) is 22.3. The summed E-state index contributed by atoms with van der Waals surface area (Å²) in [5.74, 6) is -0.367. The third-order valence-electron chi connectivity index (χ3n) is 5.13. The van der Waals surface area contributed by atoms with Gasteiger partial charge in [0.1, 0.15) is 0 Å². The van der Waals surface area contributed by atoms with Crippen LogP contribution in [0.25, 0.3) is 0 Å². The Morgan fingerprint density at radius 3 is 2.39 bits per heavy atom. The summed E-state index contributed by atoms with van der Waals surface area (Å²) in [4.78, 5) is 25.4. The zero-order valence-electron chi connectivity index (χ0n) is 16.9. The van der Waals surface area contributed by atoms with Crippen LogP contribution < -0.4 is 0 Å². The average molecular weight is 487 g/mol. The van der Waals surface area contributed by atoms with E-state index in [2.05, 4.69) is 0 Å². The fourth-order valence-electron chi connectivity index (χ4n) is 3.49. The lowest BCUT2D eigenvalue weighted by atomic mass is 9.86. The fraction of sp³-hybridized carbons (Fsp3) is 0.182. The Morgan fingerprint density at radius 2 is 1.81 bits per heavy atom. The minimum absolute atomic E-state index is 0.0235. The van der Waals surface area contributed by atoms with Crippen molar-refractivity contribution in [3.8, 4) is 0 Å². The van der Waals surface area contributed by atoms with Gasteiger partial charge in [0.2, 0.25) is 0 Å². The molecule has 0 N–H and O–H groups in total. The van der Waals surface area contributed by atoms with Crippen molar-refractivity contribution in [3.05, 3.63) is 94.0 Å². The highest BCUT2D eigenvalue weighted by Gasteiger charge is 2.37. The topological polar surface area (TPSA) is 65.1 Å². The van der Waals surface area contributed by atoms with E-state index >= 15 is 0 Å². The van der Waals surface area contributed by atoms with Gasteiger partial charge in [0.25, 0.3) is 5.69 Å². The van der Waals surface area contributed by atoms with Crippen LogP contribution in [0.2, 0.25) is 0 Å². The first-order valence-corrected chi connectivity index (χ1v) is 12.6. The van der Waals surface area contributed by atoms with Gasteiger partial charge in [-0.1, -0.05) is 53.7 Å². The third kappa shape index (κ3) is 4.03. The molecule has 1 aliphatic heterocycles. The molecule has 0 fully saturated rings. The van der Waals surface area contributed by atoms with Crippen LogP contribution in [0.3, 0.4) is 0 Å². The van der Waals surface area contributed by atoms with Gasteiger partial charge in [-0.2, -0.15) is 0 Å². The second-order valence-electron chi connectivity index (χ2n) is 7.08. The Kier molecular flexibility index (Phi) is 6.20. The van der Waals surface area contributed by atoms with Crippen molar-refractivity contribution >= 4 is 58.5 Å². The van der Waals surface area contributed by atoms with E-state index in [1.54, 1.807) is 23.9 Å². The molecule has 0 saturated carbocycles. The maximum atomic E-state index is 13.7. The number of fused-ring (bicyclic) bond motifs is 1. The Morgan fingerprint density at radius 1 is 1.16 bits per heavy atom. The van der Waals surface area contributed by atoms with E-state index in [-0.39, 0.29) is 17.4 Å². The van der Waals surface area contributed by atoms with Crippen molar-refractivity contribution in [1.29, 1.82) is 0 Å². The normalized spacial score (nSPS) is 15.6. The van der Waals surface area contributed by atoms with Crippen molar-refractivity contribution in [2.45, 2.75) is 17.9 Å². The number of carbonyl (C=O) groups is 1. The molecule has 0 spiro atoms. The number of thioether (sulfide) groups is 2.